The Kier molecular flexibility index (Phi) is 7.54. The fourth-order valence-corrected chi connectivity index (χ4v) is 5.40. The van der Waals surface area contributed by atoms with Crippen LogP contribution < -0.4 is 20.8 Å². The van der Waals surface area contributed by atoms with Crippen molar-refractivity contribution in [2.45, 2.75) is 23.4 Å². The number of carboxylic acids is 1. The fourth-order valence-electron chi connectivity index (χ4n) is 3.25. The number of pyridine rings is 1. The number of carboxylic acid groups (broad SMARTS) is 1. The number of thioether (sulfide) groups is 1. The Morgan fingerprint density at radius 3 is 2.58 bits per heavy atom. The van der Waals surface area contributed by atoms with Crippen LogP contribution >= 0.6 is 35.0 Å². The van der Waals surface area contributed by atoms with Crippen molar-refractivity contribution in [1.29, 1.82) is 0 Å². The molecule has 2 aromatic rings. The first-order valence-electron chi connectivity index (χ1n) is 9.00. The Labute approximate surface area is 201 Å². The number of benzene rings is 1. The molecule has 1 saturated heterocycles. The van der Waals surface area contributed by atoms with Crippen LogP contribution in [0.15, 0.2) is 36.5 Å². The molecular formula is C19H19AsCl2N4O4S. The quantitative estimate of drug-likeness (QED) is 0.280. The summed E-state index contributed by atoms with van der Waals surface area (Å²) < 4.78 is 0.885. The van der Waals surface area contributed by atoms with E-state index in [2.05, 4.69) is 15.6 Å². The average Bonchev–Trinajstić information content (AvgIpc) is 3.21. The first kappa shape index (κ1) is 23.9. The molecular weight excluding hydrogens is 526 g/mol. The maximum atomic E-state index is 13.5. The van der Waals surface area contributed by atoms with E-state index in [9.17, 15) is 19.5 Å². The number of carbonyl (C=O) groups excluding carboxylic acids is 2. The zero-order chi connectivity index (χ0) is 22.8. The van der Waals surface area contributed by atoms with Gasteiger partial charge in [0.25, 0.3) is 0 Å². The van der Waals surface area contributed by atoms with Crippen molar-refractivity contribution < 1.29 is 19.5 Å². The van der Waals surface area contributed by atoms with Gasteiger partial charge in [-0.15, -0.1) is 0 Å². The first-order valence-corrected chi connectivity index (χ1v) is 12.0. The third kappa shape index (κ3) is 4.86. The van der Waals surface area contributed by atoms with Gasteiger partial charge < -0.3 is 5.11 Å². The van der Waals surface area contributed by atoms with Gasteiger partial charge in [-0.1, -0.05) is 11.6 Å². The fraction of sp³-hybridized carbons (Fsp3) is 0.263. The monoisotopic (exact) mass is 544 g/mol. The predicted molar refractivity (Wildman–Crippen MR) is 122 cm³/mol. The number of amides is 2. The van der Waals surface area contributed by atoms with E-state index < -0.39 is 34.6 Å². The van der Waals surface area contributed by atoms with E-state index >= 15 is 0 Å². The molecule has 12 heteroatoms. The second-order valence-electron chi connectivity index (χ2n) is 6.85. The zero-order valence-electron chi connectivity index (χ0n) is 16.0. The summed E-state index contributed by atoms with van der Waals surface area (Å²) in [6.07, 6.45) is 1.63. The van der Waals surface area contributed by atoms with Crippen molar-refractivity contribution in [1.82, 2.24) is 15.6 Å². The van der Waals surface area contributed by atoms with Crippen LogP contribution in [-0.4, -0.2) is 61.9 Å². The molecule has 2 heterocycles. The standard InChI is InChI=1S/C19H19AsCl2N4O4S/c20-14-4-1-9(6-24-14)7-25-17(30)19(16(23)29,10-2-3-11(21)12(22)5-10)18-26-13(8-31-18)15(27)28/h1-6,13,18,26H,7-8,20H2,(H2,23,29)(H,25,30)(H,27,28)/t13-,18?,19+/m1/s1. The third-order valence-corrected chi connectivity index (χ3v) is 7.70. The summed E-state index contributed by atoms with van der Waals surface area (Å²) in [5, 5.41) is 14.4. The third-order valence-electron chi connectivity index (χ3n) is 4.90. The SMILES string of the molecule is NC(=O)[C@](C(=O)NCc1ccc([AsH2])nc1)(c1ccc(Cl)c(Cl)c1)C1N[C@@H](C(=O)O)CS1. The van der Waals surface area contributed by atoms with Gasteiger partial charge in [-0.3, -0.25) is 4.79 Å². The number of aromatic nitrogens is 1. The van der Waals surface area contributed by atoms with E-state index in [4.69, 9.17) is 28.9 Å². The van der Waals surface area contributed by atoms with Gasteiger partial charge in [0.15, 0.2) is 0 Å². The molecule has 2 unspecified atom stereocenters. The van der Waals surface area contributed by atoms with Crippen molar-refractivity contribution in [3.05, 3.63) is 57.7 Å². The van der Waals surface area contributed by atoms with Crippen LogP contribution in [0.1, 0.15) is 11.1 Å². The summed E-state index contributed by atoms with van der Waals surface area (Å²) in [5.41, 5.74) is 4.82. The van der Waals surface area contributed by atoms with Gasteiger partial charge in [0.2, 0.25) is 0 Å². The summed E-state index contributed by atoms with van der Waals surface area (Å²) in [7, 11) is 0. The number of rotatable bonds is 7. The summed E-state index contributed by atoms with van der Waals surface area (Å²) in [6.45, 7) is 0.106. The molecule has 164 valence electrons. The summed E-state index contributed by atoms with van der Waals surface area (Å²) in [4.78, 5) is 42.0. The number of carbonyl (C=O) groups is 3. The molecule has 0 spiro atoms. The molecule has 5 N–H and O–H groups in total. The molecule has 0 radical (unpaired) electrons. The number of primary amides is 1. The predicted octanol–water partition coefficient (Wildman–Crippen LogP) is -0.198. The van der Waals surface area contributed by atoms with E-state index in [1.807, 2.05) is 12.1 Å². The van der Waals surface area contributed by atoms with E-state index in [1.54, 1.807) is 6.20 Å². The number of hydrogen-bond donors (Lipinski definition) is 4. The number of nitrogens with zero attached hydrogens (tertiary/aromatic N) is 1. The molecule has 4 atom stereocenters. The minimum absolute atomic E-state index is 0.106. The van der Waals surface area contributed by atoms with Crippen molar-refractivity contribution >= 4 is 74.1 Å². The van der Waals surface area contributed by atoms with Crippen LogP contribution in [0.3, 0.4) is 0 Å². The number of nitrogens with one attached hydrogen (secondary N) is 2. The molecule has 1 aliphatic heterocycles. The number of hydrogen-bond acceptors (Lipinski definition) is 6. The summed E-state index contributed by atoms with van der Waals surface area (Å²) >= 11 is 14.7. The Morgan fingerprint density at radius 1 is 1.29 bits per heavy atom. The van der Waals surface area contributed by atoms with Crippen LogP contribution in [0.2, 0.25) is 10.0 Å². The molecule has 3 rings (SSSR count). The van der Waals surface area contributed by atoms with Crippen LogP contribution in [0.5, 0.6) is 0 Å². The van der Waals surface area contributed by atoms with E-state index in [0.717, 1.165) is 21.8 Å². The van der Waals surface area contributed by atoms with Crippen molar-refractivity contribution in [2.75, 3.05) is 5.75 Å². The topological polar surface area (TPSA) is 134 Å². The Hall–Kier alpha value is -1.77. The zero-order valence-corrected chi connectivity index (χ0v) is 20.7. The normalized spacial score (nSPS) is 20.1. The van der Waals surface area contributed by atoms with E-state index in [-0.39, 0.29) is 27.9 Å². The van der Waals surface area contributed by atoms with Gasteiger partial charge in [0.1, 0.15) is 0 Å². The molecule has 0 aliphatic carbocycles. The Balaban J connectivity index is 2.02. The van der Waals surface area contributed by atoms with Gasteiger partial charge in [-0.2, -0.15) is 0 Å². The molecule has 1 aromatic heterocycles. The molecule has 31 heavy (non-hydrogen) atoms. The molecule has 1 aliphatic rings. The average molecular weight is 545 g/mol. The van der Waals surface area contributed by atoms with Crippen LogP contribution in [0, 0.1) is 0 Å². The summed E-state index contributed by atoms with van der Waals surface area (Å²) in [5.74, 6) is -2.55. The second-order valence-corrected chi connectivity index (χ2v) is 10.0. The van der Waals surface area contributed by atoms with Crippen LogP contribution in [0.25, 0.3) is 0 Å². The molecule has 8 nitrogen and oxygen atoms in total. The molecule has 2 amide bonds. The number of halogens is 2. The molecule has 0 bridgehead atoms. The van der Waals surface area contributed by atoms with Crippen molar-refractivity contribution in [2.24, 2.45) is 5.73 Å². The number of aliphatic carboxylic acids is 1. The maximum absolute atomic E-state index is 13.5. The van der Waals surface area contributed by atoms with Crippen LogP contribution in [-0.2, 0) is 26.3 Å². The Bertz CT molecular complexity index is 1030. The van der Waals surface area contributed by atoms with E-state index in [0.29, 0.717) is 0 Å². The van der Waals surface area contributed by atoms with Crippen molar-refractivity contribution in [3.8, 4) is 0 Å². The molecule has 1 fully saturated rings. The van der Waals surface area contributed by atoms with Crippen LogP contribution in [0.4, 0.5) is 0 Å². The van der Waals surface area contributed by atoms with Crippen molar-refractivity contribution in [3.63, 3.8) is 0 Å². The summed E-state index contributed by atoms with van der Waals surface area (Å²) in [6, 6.07) is 7.06. The van der Waals surface area contributed by atoms with Gasteiger partial charge in [0.05, 0.1) is 0 Å². The van der Waals surface area contributed by atoms with Gasteiger partial charge in [-0.05, 0) is 0 Å². The Morgan fingerprint density at radius 2 is 2.03 bits per heavy atom. The van der Waals surface area contributed by atoms with E-state index in [1.165, 1.54) is 35.1 Å². The molecule has 1 aromatic carbocycles. The van der Waals surface area contributed by atoms with Gasteiger partial charge in [0, 0.05) is 0 Å². The second kappa shape index (κ2) is 9.79. The molecule has 0 saturated carbocycles. The van der Waals surface area contributed by atoms with Gasteiger partial charge >= 0.3 is 180 Å². The number of nitrogens with two attached hydrogens (primary N) is 1. The van der Waals surface area contributed by atoms with Gasteiger partial charge in [-0.25, -0.2) is 0 Å². The minimum atomic E-state index is -1.93. The first-order chi connectivity index (χ1) is 14.7.